The lowest BCUT2D eigenvalue weighted by Gasteiger charge is -2.19. The van der Waals surface area contributed by atoms with Gasteiger partial charge in [-0.3, -0.25) is 9.79 Å². The summed E-state index contributed by atoms with van der Waals surface area (Å²) in [5.74, 6) is 1.61. The number of halogens is 1. The minimum absolute atomic E-state index is 0.162. The molecule has 1 aliphatic rings. The van der Waals surface area contributed by atoms with Crippen LogP contribution in [0.4, 0.5) is 4.39 Å². The van der Waals surface area contributed by atoms with Crippen molar-refractivity contribution >= 4 is 11.9 Å². The minimum Gasteiger partial charge on any atom is -0.497 e. The van der Waals surface area contributed by atoms with Crippen LogP contribution < -0.4 is 25.4 Å². The van der Waals surface area contributed by atoms with Crippen LogP contribution in [-0.4, -0.2) is 45.7 Å². The van der Waals surface area contributed by atoms with Gasteiger partial charge in [0.2, 0.25) is 0 Å². The molecule has 0 saturated heterocycles. The summed E-state index contributed by atoms with van der Waals surface area (Å²) in [4.78, 5) is 16.4. The number of rotatable bonds is 10. The quantitative estimate of drug-likeness (QED) is 0.299. The van der Waals surface area contributed by atoms with E-state index in [0.717, 1.165) is 18.4 Å². The molecule has 0 radical (unpaired) electrons. The van der Waals surface area contributed by atoms with Gasteiger partial charge in [-0.2, -0.15) is 0 Å². The van der Waals surface area contributed by atoms with E-state index >= 15 is 0 Å². The zero-order valence-corrected chi connectivity index (χ0v) is 18.8. The normalized spacial score (nSPS) is 14.4. The van der Waals surface area contributed by atoms with E-state index in [4.69, 9.17) is 9.47 Å². The van der Waals surface area contributed by atoms with E-state index in [1.54, 1.807) is 44.5 Å². The van der Waals surface area contributed by atoms with E-state index in [1.165, 1.54) is 6.07 Å². The Kier molecular flexibility index (Phi) is 8.30. The summed E-state index contributed by atoms with van der Waals surface area (Å²) in [6, 6.07) is 11.8. The number of guanidine groups is 1. The van der Waals surface area contributed by atoms with Gasteiger partial charge in [-0.1, -0.05) is 6.07 Å². The van der Waals surface area contributed by atoms with Crippen molar-refractivity contribution in [1.29, 1.82) is 0 Å². The molecular formula is C24H31FN4O3. The molecule has 2 aromatic rings. The average Bonchev–Trinajstić information content (AvgIpc) is 3.64. The highest BCUT2D eigenvalue weighted by Crippen LogP contribution is 2.30. The Labute approximate surface area is 188 Å². The smallest absolute Gasteiger partial charge is 0.251 e. The van der Waals surface area contributed by atoms with E-state index in [2.05, 4.69) is 20.9 Å². The zero-order valence-electron chi connectivity index (χ0n) is 18.8. The molecule has 3 rings (SSSR count). The van der Waals surface area contributed by atoms with Crippen molar-refractivity contribution in [2.75, 3.05) is 33.9 Å². The molecule has 0 heterocycles. The summed E-state index contributed by atoms with van der Waals surface area (Å²) in [6.07, 6.45) is 2.33. The first-order valence-corrected chi connectivity index (χ1v) is 10.8. The highest BCUT2D eigenvalue weighted by atomic mass is 19.1. The number of amides is 1. The number of hydrogen-bond acceptors (Lipinski definition) is 4. The minimum atomic E-state index is -0.360. The molecule has 7 nitrogen and oxygen atoms in total. The van der Waals surface area contributed by atoms with E-state index in [-0.39, 0.29) is 17.8 Å². The number of methoxy groups -OCH3 is 1. The largest absolute Gasteiger partial charge is 0.497 e. The maximum Gasteiger partial charge on any atom is 0.251 e. The molecular weight excluding hydrogens is 411 g/mol. The van der Waals surface area contributed by atoms with Crippen molar-refractivity contribution in [3.63, 3.8) is 0 Å². The zero-order chi connectivity index (χ0) is 22.9. The Morgan fingerprint density at radius 2 is 1.88 bits per heavy atom. The van der Waals surface area contributed by atoms with Crippen molar-refractivity contribution in [2.45, 2.75) is 25.8 Å². The van der Waals surface area contributed by atoms with Crippen LogP contribution in [0.1, 0.15) is 41.7 Å². The van der Waals surface area contributed by atoms with E-state index in [9.17, 15) is 9.18 Å². The van der Waals surface area contributed by atoms with Gasteiger partial charge in [-0.05, 0) is 67.6 Å². The lowest BCUT2D eigenvalue weighted by atomic mass is 10.1. The van der Waals surface area contributed by atoms with Crippen molar-refractivity contribution < 1.29 is 18.7 Å². The van der Waals surface area contributed by atoms with Gasteiger partial charge in [0.1, 0.15) is 5.75 Å². The molecule has 3 N–H and O–H groups in total. The number of carbonyl (C=O) groups excluding carboxylic acids is 1. The molecule has 2 aromatic carbocycles. The lowest BCUT2D eigenvalue weighted by molar-refractivity contribution is 0.0954. The summed E-state index contributed by atoms with van der Waals surface area (Å²) in [5, 5.41) is 9.22. The van der Waals surface area contributed by atoms with Gasteiger partial charge in [0.15, 0.2) is 17.5 Å². The second-order valence-electron chi connectivity index (χ2n) is 7.79. The maximum absolute atomic E-state index is 14.4. The van der Waals surface area contributed by atoms with Gasteiger partial charge < -0.3 is 25.4 Å². The summed E-state index contributed by atoms with van der Waals surface area (Å²) in [5.41, 5.74) is 1.35. The second kappa shape index (κ2) is 11.4. The van der Waals surface area contributed by atoms with Crippen LogP contribution in [-0.2, 0) is 0 Å². The second-order valence-corrected chi connectivity index (χ2v) is 7.79. The predicted octanol–water partition coefficient (Wildman–Crippen LogP) is 3.28. The van der Waals surface area contributed by atoms with Gasteiger partial charge >= 0.3 is 0 Å². The van der Waals surface area contributed by atoms with Crippen LogP contribution in [0.25, 0.3) is 0 Å². The average molecular weight is 443 g/mol. The van der Waals surface area contributed by atoms with Crippen LogP contribution in [0.15, 0.2) is 47.5 Å². The van der Waals surface area contributed by atoms with Crippen LogP contribution in [0.3, 0.4) is 0 Å². The highest BCUT2D eigenvalue weighted by Gasteiger charge is 2.22. The Hall–Kier alpha value is -3.29. The first-order chi connectivity index (χ1) is 15.5. The molecule has 0 aliphatic heterocycles. The fraction of sp³-hybridized carbons (Fsp3) is 0.417. The topological polar surface area (TPSA) is 84.0 Å². The Morgan fingerprint density at radius 3 is 2.50 bits per heavy atom. The van der Waals surface area contributed by atoms with Crippen LogP contribution >= 0.6 is 0 Å². The lowest BCUT2D eigenvalue weighted by Crippen LogP contribution is -2.42. The molecule has 32 heavy (non-hydrogen) atoms. The molecule has 1 amide bonds. The third kappa shape index (κ3) is 6.87. The number of nitrogens with zero attached hydrogens (tertiary/aromatic N) is 1. The van der Waals surface area contributed by atoms with Gasteiger partial charge in [-0.25, -0.2) is 4.39 Å². The van der Waals surface area contributed by atoms with Crippen molar-refractivity contribution in [3.05, 3.63) is 59.4 Å². The summed E-state index contributed by atoms with van der Waals surface area (Å²) >= 11 is 0. The molecule has 8 heteroatoms. The number of benzene rings is 2. The molecule has 1 saturated carbocycles. The molecule has 0 aromatic heterocycles. The Balaban J connectivity index is 1.42. The monoisotopic (exact) mass is 442 g/mol. The maximum atomic E-state index is 14.4. The van der Waals surface area contributed by atoms with Gasteiger partial charge in [-0.15, -0.1) is 0 Å². The molecule has 1 fully saturated rings. The predicted molar refractivity (Wildman–Crippen MR) is 123 cm³/mol. The number of ether oxygens (including phenoxy) is 2. The third-order valence-electron chi connectivity index (χ3n) is 5.26. The number of nitrogens with one attached hydrogen (secondary N) is 3. The fourth-order valence-electron chi connectivity index (χ4n) is 3.08. The van der Waals surface area contributed by atoms with Crippen LogP contribution in [0.2, 0.25) is 0 Å². The summed E-state index contributed by atoms with van der Waals surface area (Å²) in [7, 11) is 3.24. The van der Waals surface area contributed by atoms with E-state index in [1.807, 2.05) is 13.0 Å². The van der Waals surface area contributed by atoms with Crippen molar-refractivity contribution in [2.24, 2.45) is 10.9 Å². The molecule has 1 unspecified atom stereocenters. The molecule has 172 valence electrons. The van der Waals surface area contributed by atoms with E-state index in [0.29, 0.717) is 48.6 Å². The number of aliphatic imine (C=N–C) groups is 1. The SMILES string of the molecule is CN=C(NCCNC(=O)c1ccc(OC)cc1)NC(C)c1ccc(OCC2CC2)c(F)c1. The van der Waals surface area contributed by atoms with Gasteiger partial charge in [0.05, 0.1) is 19.8 Å². The Morgan fingerprint density at radius 1 is 1.16 bits per heavy atom. The van der Waals surface area contributed by atoms with Crippen molar-refractivity contribution in [3.8, 4) is 11.5 Å². The highest BCUT2D eigenvalue weighted by molar-refractivity contribution is 5.94. The van der Waals surface area contributed by atoms with Gasteiger partial charge in [0.25, 0.3) is 5.91 Å². The number of carbonyl (C=O) groups is 1. The van der Waals surface area contributed by atoms with Gasteiger partial charge in [0, 0.05) is 25.7 Å². The third-order valence-corrected chi connectivity index (χ3v) is 5.26. The summed E-state index contributed by atoms with van der Waals surface area (Å²) < 4.78 is 25.0. The molecule has 1 aliphatic carbocycles. The first kappa shape index (κ1) is 23.4. The molecule has 0 bridgehead atoms. The Bertz CT molecular complexity index is 929. The van der Waals surface area contributed by atoms with E-state index < -0.39 is 0 Å². The van der Waals surface area contributed by atoms with Crippen LogP contribution in [0, 0.1) is 11.7 Å². The standard InChI is InChI=1S/C24H31FN4O3/c1-16(19-8-11-22(21(25)14-19)32-15-17-4-5-17)29-24(26-2)28-13-12-27-23(30)18-6-9-20(31-3)10-7-18/h6-11,14,16-17H,4-5,12-13,15H2,1-3H3,(H,27,30)(H2,26,28,29). The fourth-order valence-corrected chi connectivity index (χ4v) is 3.08. The van der Waals surface area contributed by atoms with Crippen molar-refractivity contribution in [1.82, 2.24) is 16.0 Å². The molecule has 0 spiro atoms. The number of hydrogen-bond donors (Lipinski definition) is 3. The molecule has 1 atom stereocenters. The first-order valence-electron chi connectivity index (χ1n) is 10.8. The van der Waals surface area contributed by atoms with Crippen LogP contribution in [0.5, 0.6) is 11.5 Å². The summed E-state index contributed by atoms with van der Waals surface area (Å²) in [6.45, 7) is 3.41.